The van der Waals surface area contributed by atoms with E-state index in [-0.39, 0.29) is 10.4 Å². The van der Waals surface area contributed by atoms with Crippen LogP contribution in [0.25, 0.3) is 6.08 Å². The van der Waals surface area contributed by atoms with E-state index in [4.69, 9.17) is 17.0 Å². The molecule has 0 aliphatic carbocycles. The van der Waals surface area contributed by atoms with Crippen LogP contribution >= 0.6 is 24.0 Å². The van der Waals surface area contributed by atoms with Crippen LogP contribution in [-0.4, -0.2) is 33.7 Å². The van der Waals surface area contributed by atoms with E-state index < -0.39 is 18.4 Å². The lowest BCUT2D eigenvalue weighted by molar-refractivity contribution is -0.305. The van der Waals surface area contributed by atoms with Gasteiger partial charge in [0.1, 0.15) is 16.2 Å². The highest BCUT2D eigenvalue weighted by Gasteiger charge is 2.32. The van der Waals surface area contributed by atoms with Crippen LogP contribution in [0.4, 0.5) is 0 Å². The first-order chi connectivity index (χ1) is 10.4. The van der Waals surface area contributed by atoms with E-state index in [1.165, 1.54) is 0 Å². The van der Waals surface area contributed by atoms with Gasteiger partial charge in [0.05, 0.1) is 17.4 Å². The van der Waals surface area contributed by atoms with E-state index in [0.29, 0.717) is 4.91 Å². The molecule has 1 aromatic carbocycles. The summed E-state index contributed by atoms with van der Waals surface area (Å²) in [6.07, 6.45) is 2.71. The van der Waals surface area contributed by atoms with Gasteiger partial charge in [0, 0.05) is 6.42 Å². The third kappa shape index (κ3) is 2.86. The number of thioether (sulfide) groups is 1. The number of hydrogen-bond donors (Lipinski definition) is 0. The Labute approximate surface area is 136 Å². The fraction of sp³-hybridized carbons (Fsp3) is 0.267. The smallest absolute Gasteiger partial charge is 0.266 e. The lowest BCUT2D eigenvalue weighted by Crippen LogP contribution is -2.40. The third-order valence-electron chi connectivity index (χ3n) is 3.38. The second-order valence-corrected chi connectivity index (χ2v) is 6.82. The van der Waals surface area contributed by atoms with Crippen LogP contribution < -0.4 is 9.84 Å². The van der Waals surface area contributed by atoms with Gasteiger partial charge in [0.15, 0.2) is 0 Å². The Morgan fingerprint density at radius 1 is 1.59 bits per heavy atom. The summed E-state index contributed by atoms with van der Waals surface area (Å²) in [5, 5.41) is 10.7. The number of ether oxygens (including phenoxy) is 1. The average Bonchev–Trinajstić information content (AvgIpc) is 2.92. The Balaban J connectivity index is 1.84. The van der Waals surface area contributed by atoms with Gasteiger partial charge < -0.3 is 14.6 Å². The molecule has 0 bridgehead atoms. The average molecular weight is 334 g/mol. The predicted octanol–water partition coefficient (Wildman–Crippen LogP) is 0.961. The zero-order valence-electron chi connectivity index (χ0n) is 11.7. The number of aliphatic carboxylic acids is 1. The number of carboxylic acids is 1. The number of amides is 1. The second kappa shape index (κ2) is 5.73. The van der Waals surface area contributed by atoms with Crippen molar-refractivity contribution in [3.05, 3.63) is 34.2 Å². The maximum atomic E-state index is 12.2. The maximum absolute atomic E-state index is 12.2. The molecule has 7 heteroatoms. The largest absolute Gasteiger partial charge is 0.548 e. The summed E-state index contributed by atoms with van der Waals surface area (Å²) in [6, 6.07) is 5.72. The van der Waals surface area contributed by atoms with Gasteiger partial charge in [-0.15, -0.1) is 0 Å². The molecule has 2 aliphatic rings. The molecule has 22 heavy (non-hydrogen) atoms. The molecule has 0 saturated carbocycles. The molecule has 0 N–H and O–H groups in total. The van der Waals surface area contributed by atoms with Crippen molar-refractivity contribution in [2.45, 2.75) is 19.4 Å². The highest BCUT2D eigenvalue weighted by Crippen LogP contribution is 2.34. The molecule has 1 amide bonds. The Kier molecular flexibility index (Phi) is 3.92. The molecule has 1 aromatic rings. The van der Waals surface area contributed by atoms with Gasteiger partial charge in [0.25, 0.3) is 5.91 Å². The molecular weight excluding hydrogens is 322 g/mol. The van der Waals surface area contributed by atoms with Crippen LogP contribution in [0.2, 0.25) is 0 Å². The second-order valence-electron chi connectivity index (χ2n) is 5.14. The van der Waals surface area contributed by atoms with Crippen molar-refractivity contribution in [1.29, 1.82) is 0 Å². The van der Waals surface area contributed by atoms with Crippen molar-refractivity contribution >= 4 is 46.3 Å². The van der Waals surface area contributed by atoms with Crippen molar-refractivity contribution in [2.75, 3.05) is 6.54 Å². The maximum Gasteiger partial charge on any atom is 0.266 e. The summed E-state index contributed by atoms with van der Waals surface area (Å²) in [6.45, 7) is 1.49. The summed E-state index contributed by atoms with van der Waals surface area (Å²) >= 11 is 6.14. The molecule has 5 nitrogen and oxygen atoms in total. The lowest BCUT2D eigenvalue weighted by Gasteiger charge is -2.14. The zero-order chi connectivity index (χ0) is 15.9. The minimum Gasteiger partial charge on any atom is -0.548 e. The number of carbonyl (C=O) groups is 2. The number of thiocarbonyl (C=S) groups is 1. The predicted molar refractivity (Wildman–Crippen MR) is 85.1 cm³/mol. The molecule has 2 aliphatic heterocycles. The van der Waals surface area contributed by atoms with Crippen molar-refractivity contribution in [1.82, 2.24) is 4.90 Å². The molecule has 114 valence electrons. The Bertz CT molecular complexity index is 713. The molecule has 1 fully saturated rings. The van der Waals surface area contributed by atoms with Gasteiger partial charge >= 0.3 is 0 Å². The summed E-state index contributed by atoms with van der Waals surface area (Å²) in [4.78, 5) is 24.3. The number of rotatable bonds is 3. The lowest BCUT2D eigenvalue weighted by atomic mass is 10.1. The van der Waals surface area contributed by atoms with Crippen LogP contribution in [-0.2, 0) is 16.0 Å². The SMILES string of the molecule is C[C@@H]1Cc2cc(/C=C3\SC(=S)N(CC(=O)[O-])C3=O)ccc2O1. The molecule has 0 aromatic heterocycles. The molecule has 0 unspecified atom stereocenters. The fourth-order valence-corrected chi connectivity index (χ4v) is 3.70. The van der Waals surface area contributed by atoms with E-state index in [1.54, 1.807) is 6.08 Å². The summed E-state index contributed by atoms with van der Waals surface area (Å²) in [7, 11) is 0. The van der Waals surface area contributed by atoms with E-state index in [9.17, 15) is 14.7 Å². The van der Waals surface area contributed by atoms with Crippen LogP contribution in [0.15, 0.2) is 23.1 Å². The molecular formula is C15H12NO4S2-. The Morgan fingerprint density at radius 3 is 3.09 bits per heavy atom. The molecule has 1 saturated heterocycles. The van der Waals surface area contributed by atoms with E-state index >= 15 is 0 Å². The van der Waals surface area contributed by atoms with Crippen LogP contribution in [0.5, 0.6) is 5.75 Å². The normalized spacial score (nSPS) is 22.1. The van der Waals surface area contributed by atoms with Gasteiger partial charge in [0.2, 0.25) is 0 Å². The Morgan fingerprint density at radius 2 is 2.36 bits per heavy atom. The number of carboxylic acid groups (broad SMARTS) is 1. The topological polar surface area (TPSA) is 69.7 Å². The molecule has 2 heterocycles. The summed E-state index contributed by atoms with van der Waals surface area (Å²) < 4.78 is 5.87. The molecule has 0 radical (unpaired) electrons. The van der Waals surface area contributed by atoms with Gasteiger partial charge in [-0.05, 0) is 36.3 Å². The van der Waals surface area contributed by atoms with Crippen molar-refractivity contribution in [3.8, 4) is 5.75 Å². The standard InChI is InChI=1S/C15H13NO4S2/c1-8-4-10-5-9(2-3-11(10)20-8)6-12-14(19)16(7-13(17)18)15(21)22-12/h2-3,5-6,8H,4,7H2,1H3,(H,17,18)/p-1/b12-6-/t8-/m1/s1. The highest BCUT2D eigenvalue weighted by molar-refractivity contribution is 8.26. The molecule has 1 atom stereocenters. The van der Waals surface area contributed by atoms with Gasteiger partial charge in [-0.25, -0.2) is 0 Å². The molecule has 0 spiro atoms. The van der Waals surface area contributed by atoms with E-state index in [1.807, 2.05) is 25.1 Å². The number of hydrogen-bond acceptors (Lipinski definition) is 6. The summed E-state index contributed by atoms with van der Waals surface area (Å²) in [5.41, 5.74) is 1.97. The van der Waals surface area contributed by atoms with Crippen molar-refractivity contribution < 1.29 is 19.4 Å². The quantitative estimate of drug-likeness (QED) is 0.606. The number of fused-ring (bicyclic) bond motifs is 1. The zero-order valence-corrected chi connectivity index (χ0v) is 13.3. The minimum absolute atomic E-state index is 0.159. The number of benzene rings is 1. The van der Waals surface area contributed by atoms with E-state index in [0.717, 1.165) is 40.0 Å². The Hall–Kier alpha value is -1.86. The summed E-state index contributed by atoms with van der Waals surface area (Å²) in [5.74, 6) is -0.861. The minimum atomic E-state index is -1.33. The first-order valence-corrected chi connectivity index (χ1v) is 7.91. The van der Waals surface area contributed by atoms with Gasteiger partial charge in [-0.3, -0.25) is 9.69 Å². The van der Waals surface area contributed by atoms with Crippen molar-refractivity contribution in [2.24, 2.45) is 0 Å². The van der Waals surface area contributed by atoms with Crippen LogP contribution in [0.3, 0.4) is 0 Å². The third-order valence-corrected chi connectivity index (χ3v) is 4.76. The van der Waals surface area contributed by atoms with Gasteiger partial charge in [-0.2, -0.15) is 0 Å². The van der Waals surface area contributed by atoms with Gasteiger partial charge in [-0.1, -0.05) is 30.0 Å². The first kappa shape index (κ1) is 15.1. The van der Waals surface area contributed by atoms with Crippen LogP contribution in [0.1, 0.15) is 18.1 Å². The number of carbonyl (C=O) groups excluding carboxylic acids is 2. The highest BCUT2D eigenvalue weighted by atomic mass is 32.2. The number of nitrogens with zero attached hydrogens (tertiary/aromatic N) is 1. The van der Waals surface area contributed by atoms with E-state index in [2.05, 4.69) is 0 Å². The van der Waals surface area contributed by atoms with Crippen molar-refractivity contribution in [3.63, 3.8) is 0 Å². The van der Waals surface area contributed by atoms with Crippen LogP contribution in [0, 0.1) is 0 Å². The fourth-order valence-electron chi connectivity index (χ4n) is 2.45. The first-order valence-electron chi connectivity index (χ1n) is 6.69. The monoisotopic (exact) mass is 334 g/mol. The molecule has 3 rings (SSSR count).